The van der Waals surface area contributed by atoms with E-state index in [0.717, 1.165) is 38.2 Å². The monoisotopic (exact) mass is 540 g/mol. The molecule has 0 unspecified atom stereocenters. The van der Waals surface area contributed by atoms with E-state index in [1.54, 1.807) is 33.4 Å². The molecule has 192 valence electrons. The molecule has 0 aliphatic carbocycles. The van der Waals surface area contributed by atoms with E-state index in [-0.39, 0.29) is 22.0 Å². The number of anilines is 1. The van der Waals surface area contributed by atoms with Crippen LogP contribution in [0.25, 0.3) is 22.0 Å². The first-order valence-corrected chi connectivity index (χ1v) is 13.6. The zero-order valence-corrected chi connectivity index (χ0v) is 22.0. The smallest absolute Gasteiger partial charge is 0.350 e. The maximum atomic E-state index is 14.0. The van der Waals surface area contributed by atoms with Crippen molar-refractivity contribution < 1.29 is 13.9 Å². The van der Waals surface area contributed by atoms with Crippen molar-refractivity contribution >= 4 is 46.0 Å². The minimum atomic E-state index is -0.467. The molecule has 6 rings (SSSR count). The zero-order chi connectivity index (χ0) is 25.9. The fourth-order valence-electron chi connectivity index (χ4n) is 5.50. The van der Waals surface area contributed by atoms with Crippen molar-refractivity contribution in [2.75, 3.05) is 50.0 Å². The molecule has 10 heteroatoms. The van der Waals surface area contributed by atoms with E-state index in [2.05, 4.69) is 22.5 Å². The lowest BCUT2D eigenvalue weighted by Gasteiger charge is -2.40. The van der Waals surface area contributed by atoms with Gasteiger partial charge in [0, 0.05) is 59.7 Å². The predicted molar refractivity (Wildman–Crippen MR) is 144 cm³/mol. The molecule has 2 fully saturated rings. The first-order valence-electron chi connectivity index (χ1n) is 12.2. The Labute approximate surface area is 222 Å². The van der Waals surface area contributed by atoms with Crippen molar-refractivity contribution in [3.63, 3.8) is 0 Å². The van der Waals surface area contributed by atoms with Gasteiger partial charge < -0.3 is 14.5 Å². The second-order valence-electron chi connectivity index (χ2n) is 10.0. The minimum absolute atomic E-state index is 0.0615. The predicted octanol–water partition coefficient (Wildman–Crippen LogP) is 4.12. The Morgan fingerprint density at radius 3 is 2.65 bits per heavy atom. The van der Waals surface area contributed by atoms with Gasteiger partial charge in [-0.15, -0.1) is 11.8 Å². The normalized spacial score (nSPS) is 18.6. The molecular weight excluding hydrogens is 515 g/mol. The summed E-state index contributed by atoms with van der Waals surface area (Å²) in [6.45, 7) is 9.54. The van der Waals surface area contributed by atoms with Gasteiger partial charge in [-0.3, -0.25) is 9.36 Å². The summed E-state index contributed by atoms with van der Waals surface area (Å²) in [6, 6.07) is 6.84. The molecule has 0 bridgehead atoms. The van der Waals surface area contributed by atoms with Crippen LogP contribution >= 0.6 is 23.4 Å². The van der Waals surface area contributed by atoms with Crippen LogP contribution in [-0.4, -0.2) is 65.5 Å². The van der Waals surface area contributed by atoms with Crippen molar-refractivity contribution in [2.24, 2.45) is 5.41 Å². The fraction of sp³-hybridized carbons (Fsp3) is 0.370. The van der Waals surface area contributed by atoms with E-state index in [0.29, 0.717) is 51.8 Å². The third-order valence-electron chi connectivity index (χ3n) is 7.50. The highest BCUT2D eigenvalue weighted by Gasteiger charge is 2.42. The SMILES string of the molecule is C=CC(=O)N1CCN(c2nc(=O)n3c4c(c(-c5ccc(F)c(Cl)c5)c(C)cc24)SCC2(COC2)C3)CC1. The van der Waals surface area contributed by atoms with Crippen LogP contribution in [0.15, 0.2) is 46.6 Å². The number of halogens is 2. The van der Waals surface area contributed by atoms with Gasteiger partial charge in [-0.1, -0.05) is 24.2 Å². The number of hydrogen-bond donors (Lipinski definition) is 0. The van der Waals surface area contributed by atoms with E-state index >= 15 is 0 Å². The van der Waals surface area contributed by atoms with Crippen LogP contribution in [0, 0.1) is 18.2 Å². The molecule has 37 heavy (non-hydrogen) atoms. The Balaban J connectivity index is 1.55. The molecule has 3 aliphatic rings. The molecule has 3 aromatic rings. The number of thioether (sulfide) groups is 1. The molecule has 1 amide bonds. The molecule has 0 saturated carbocycles. The Morgan fingerprint density at radius 1 is 1.24 bits per heavy atom. The van der Waals surface area contributed by atoms with Gasteiger partial charge in [-0.2, -0.15) is 4.98 Å². The lowest BCUT2D eigenvalue weighted by atomic mass is 9.88. The van der Waals surface area contributed by atoms with Crippen molar-refractivity contribution in [3.05, 3.63) is 63.8 Å². The highest BCUT2D eigenvalue weighted by Crippen LogP contribution is 2.48. The number of carbonyl (C=O) groups is 1. The van der Waals surface area contributed by atoms with Crippen LogP contribution < -0.4 is 10.6 Å². The molecule has 0 atom stereocenters. The van der Waals surface area contributed by atoms with Gasteiger partial charge in [0.1, 0.15) is 11.6 Å². The lowest BCUT2D eigenvalue weighted by Crippen LogP contribution is -2.50. The second kappa shape index (κ2) is 9.15. The first kappa shape index (κ1) is 24.5. The molecule has 2 saturated heterocycles. The summed E-state index contributed by atoms with van der Waals surface area (Å²) >= 11 is 7.89. The number of nitrogens with zero attached hydrogens (tertiary/aromatic N) is 4. The molecular formula is C27H26ClFN4O3S. The molecule has 4 heterocycles. The summed E-state index contributed by atoms with van der Waals surface area (Å²) in [5.41, 5.74) is 3.16. The van der Waals surface area contributed by atoms with Crippen LogP contribution in [-0.2, 0) is 16.1 Å². The van der Waals surface area contributed by atoms with Gasteiger partial charge >= 0.3 is 5.69 Å². The Bertz CT molecular complexity index is 1510. The van der Waals surface area contributed by atoms with Crippen LogP contribution in [0.1, 0.15) is 5.56 Å². The van der Waals surface area contributed by atoms with E-state index in [9.17, 15) is 14.0 Å². The van der Waals surface area contributed by atoms with Gasteiger partial charge in [-0.05, 0) is 42.3 Å². The van der Waals surface area contributed by atoms with E-state index in [4.69, 9.17) is 16.3 Å². The van der Waals surface area contributed by atoms with Crippen molar-refractivity contribution in [1.82, 2.24) is 14.5 Å². The summed E-state index contributed by atoms with van der Waals surface area (Å²) < 4.78 is 21.4. The van der Waals surface area contributed by atoms with E-state index in [1.165, 1.54) is 12.1 Å². The average molecular weight is 541 g/mol. The van der Waals surface area contributed by atoms with Crippen LogP contribution in [0.5, 0.6) is 0 Å². The largest absolute Gasteiger partial charge is 0.380 e. The van der Waals surface area contributed by atoms with Gasteiger partial charge in [0.25, 0.3) is 0 Å². The van der Waals surface area contributed by atoms with Gasteiger partial charge in [0.2, 0.25) is 5.91 Å². The Hall–Kier alpha value is -2.88. The van der Waals surface area contributed by atoms with Crippen molar-refractivity contribution in [3.8, 4) is 11.1 Å². The fourth-order valence-corrected chi connectivity index (χ4v) is 7.17. The summed E-state index contributed by atoms with van der Waals surface area (Å²) in [5, 5.41) is 0.962. The highest BCUT2D eigenvalue weighted by atomic mass is 35.5. The molecule has 1 spiro atoms. The number of carbonyl (C=O) groups excluding carboxylic acids is 1. The highest BCUT2D eigenvalue weighted by molar-refractivity contribution is 7.99. The number of piperazine rings is 1. The van der Waals surface area contributed by atoms with Crippen LogP contribution in [0.4, 0.5) is 10.2 Å². The zero-order valence-electron chi connectivity index (χ0n) is 20.4. The van der Waals surface area contributed by atoms with Gasteiger partial charge in [0.15, 0.2) is 0 Å². The molecule has 3 aliphatic heterocycles. The number of aryl methyl sites for hydroxylation is 1. The Morgan fingerprint density at radius 2 is 2.00 bits per heavy atom. The molecule has 7 nitrogen and oxygen atoms in total. The number of aromatic nitrogens is 2. The molecule has 1 aromatic heterocycles. The summed E-state index contributed by atoms with van der Waals surface area (Å²) in [6.07, 6.45) is 1.33. The number of ether oxygens (including phenoxy) is 1. The van der Waals surface area contributed by atoms with E-state index in [1.807, 2.05) is 6.92 Å². The van der Waals surface area contributed by atoms with Crippen LogP contribution in [0.2, 0.25) is 5.02 Å². The summed E-state index contributed by atoms with van der Waals surface area (Å²) in [4.78, 5) is 35.1. The maximum absolute atomic E-state index is 14.0. The topological polar surface area (TPSA) is 67.7 Å². The second-order valence-corrected chi connectivity index (χ2v) is 11.4. The lowest BCUT2D eigenvalue weighted by molar-refractivity contribution is -0.126. The van der Waals surface area contributed by atoms with E-state index < -0.39 is 5.82 Å². The molecule has 2 aromatic carbocycles. The van der Waals surface area contributed by atoms with Crippen molar-refractivity contribution in [2.45, 2.75) is 18.4 Å². The van der Waals surface area contributed by atoms with Gasteiger partial charge in [-0.25, -0.2) is 9.18 Å². The number of hydrogen-bond acceptors (Lipinski definition) is 6. The third-order valence-corrected chi connectivity index (χ3v) is 9.23. The number of benzene rings is 2. The average Bonchev–Trinajstić information content (AvgIpc) is 3.06. The van der Waals surface area contributed by atoms with Crippen molar-refractivity contribution in [1.29, 1.82) is 0 Å². The minimum Gasteiger partial charge on any atom is -0.380 e. The van der Waals surface area contributed by atoms with Crippen LogP contribution in [0.3, 0.4) is 0 Å². The van der Waals surface area contributed by atoms with Gasteiger partial charge in [0.05, 0.1) is 23.8 Å². The third kappa shape index (κ3) is 4.04. The summed E-state index contributed by atoms with van der Waals surface area (Å²) in [7, 11) is 0. The standard InChI is InChI=1S/C27H26ClFN4O3S/c1-3-21(34)31-6-8-32(9-7-31)25-18-10-16(2)22(17-4-5-20(29)19(28)11-17)24-23(18)33(26(35)30-25)12-27(15-37-24)13-36-14-27/h3-5,10-11H,1,6-9,12-15H2,2H3. The first-order chi connectivity index (χ1) is 17.8. The Kier molecular flexibility index (Phi) is 6.05. The maximum Gasteiger partial charge on any atom is 0.350 e. The summed E-state index contributed by atoms with van der Waals surface area (Å²) in [5.74, 6) is 0.873. The quantitative estimate of drug-likeness (QED) is 0.466. The molecule has 0 N–H and O–H groups in total. The molecule has 0 radical (unpaired) electrons. The number of amides is 1. The number of rotatable bonds is 3.